The Morgan fingerprint density at radius 3 is 2.76 bits per heavy atom. The number of hydrogen-bond acceptors (Lipinski definition) is 4. The quantitative estimate of drug-likeness (QED) is 0.723. The molecule has 0 saturated carbocycles. The topological polar surface area (TPSA) is 46.8 Å². The molecular weight excluding hydrogens is 262 g/mol. The Morgan fingerprint density at radius 1 is 1.10 bits per heavy atom. The van der Waals surface area contributed by atoms with Crippen LogP contribution in [0.2, 0.25) is 0 Å². The van der Waals surface area contributed by atoms with Gasteiger partial charge in [-0.15, -0.1) is 0 Å². The Labute approximate surface area is 123 Å². The summed E-state index contributed by atoms with van der Waals surface area (Å²) in [5.74, 6) is 1.93. The van der Waals surface area contributed by atoms with Crippen LogP contribution in [0, 0.1) is 0 Å². The molecule has 1 unspecified atom stereocenters. The predicted molar refractivity (Wildman–Crippen MR) is 81.3 cm³/mol. The Kier molecular flexibility index (Phi) is 2.93. The van der Waals surface area contributed by atoms with Gasteiger partial charge in [0, 0.05) is 12.4 Å². The van der Waals surface area contributed by atoms with Gasteiger partial charge in [0.2, 0.25) is 0 Å². The first-order valence-corrected chi connectivity index (χ1v) is 7.29. The highest BCUT2D eigenvalue weighted by molar-refractivity contribution is 5.73. The molecule has 1 atom stereocenters. The van der Waals surface area contributed by atoms with E-state index in [1.54, 1.807) is 0 Å². The molecule has 3 aromatic rings. The van der Waals surface area contributed by atoms with Crippen LogP contribution in [-0.4, -0.2) is 38.0 Å². The molecule has 1 aliphatic heterocycles. The minimum absolute atomic E-state index is 0.334. The van der Waals surface area contributed by atoms with Gasteiger partial charge in [0.05, 0.1) is 6.04 Å². The van der Waals surface area contributed by atoms with Crippen LogP contribution in [0.3, 0.4) is 0 Å². The van der Waals surface area contributed by atoms with Crippen molar-refractivity contribution in [2.24, 2.45) is 0 Å². The van der Waals surface area contributed by atoms with Crippen molar-refractivity contribution >= 4 is 11.2 Å². The normalized spacial score (nSPS) is 19.4. The zero-order chi connectivity index (χ0) is 14.2. The van der Waals surface area contributed by atoms with Crippen LogP contribution in [-0.2, 0) is 0 Å². The fourth-order valence-corrected chi connectivity index (χ4v) is 3.10. The highest BCUT2D eigenvalue weighted by Gasteiger charge is 2.29. The molecule has 0 N–H and O–H groups in total. The fraction of sp³-hybridized carbons (Fsp3) is 0.312. The lowest BCUT2D eigenvalue weighted by Crippen LogP contribution is -2.21. The van der Waals surface area contributed by atoms with Crippen molar-refractivity contribution in [1.29, 1.82) is 0 Å². The van der Waals surface area contributed by atoms with Crippen LogP contribution in [0.5, 0.6) is 0 Å². The molecule has 21 heavy (non-hydrogen) atoms. The average Bonchev–Trinajstić information content (AvgIpc) is 3.11. The molecule has 1 saturated heterocycles. The maximum Gasteiger partial charge on any atom is 0.165 e. The van der Waals surface area contributed by atoms with E-state index in [4.69, 9.17) is 4.98 Å². The summed E-state index contributed by atoms with van der Waals surface area (Å²) in [4.78, 5) is 16.2. The third kappa shape index (κ3) is 2.01. The molecule has 0 radical (unpaired) electrons. The first kappa shape index (κ1) is 12.5. The molecule has 0 aromatic carbocycles. The number of rotatable bonds is 2. The highest BCUT2D eigenvalue weighted by atomic mass is 15.2. The minimum Gasteiger partial charge on any atom is -0.297 e. The number of imidazole rings is 1. The van der Waals surface area contributed by atoms with Crippen molar-refractivity contribution < 1.29 is 0 Å². The van der Waals surface area contributed by atoms with Crippen molar-refractivity contribution in [1.82, 2.24) is 24.4 Å². The van der Waals surface area contributed by atoms with Crippen LogP contribution in [0.15, 0.2) is 42.7 Å². The van der Waals surface area contributed by atoms with Crippen molar-refractivity contribution in [2.45, 2.75) is 18.9 Å². The molecule has 4 rings (SSSR count). The van der Waals surface area contributed by atoms with Crippen molar-refractivity contribution in [3.05, 3.63) is 48.5 Å². The molecule has 106 valence electrons. The number of hydrogen-bond donors (Lipinski definition) is 0. The molecule has 0 aliphatic carbocycles. The lowest BCUT2D eigenvalue weighted by atomic mass is 10.2. The number of likely N-dealkylation sites (tertiary alicyclic amines) is 1. The summed E-state index contributed by atoms with van der Waals surface area (Å²) in [5, 5.41) is 0. The van der Waals surface area contributed by atoms with E-state index in [0.717, 1.165) is 35.8 Å². The van der Waals surface area contributed by atoms with Gasteiger partial charge in [0.25, 0.3) is 0 Å². The summed E-state index contributed by atoms with van der Waals surface area (Å²) in [6.07, 6.45) is 5.96. The molecule has 1 aliphatic rings. The smallest absolute Gasteiger partial charge is 0.165 e. The minimum atomic E-state index is 0.334. The van der Waals surface area contributed by atoms with Crippen LogP contribution in [0.4, 0.5) is 0 Å². The second kappa shape index (κ2) is 4.93. The van der Waals surface area contributed by atoms with E-state index in [2.05, 4.69) is 26.5 Å². The first-order valence-electron chi connectivity index (χ1n) is 7.29. The van der Waals surface area contributed by atoms with E-state index in [1.165, 1.54) is 6.42 Å². The largest absolute Gasteiger partial charge is 0.297 e. The van der Waals surface area contributed by atoms with E-state index in [-0.39, 0.29) is 0 Å². The van der Waals surface area contributed by atoms with E-state index < -0.39 is 0 Å². The molecule has 0 amide bonds. The summed E-state index contributed by atoms with van der Waals surface area (Å²) in [6, 6.07) is 10.2. The highest BCUT2D eigenvalue weighted by Crippen LogP contribution is 2.32. The van der Waals surface area contributed by atoms with E-state index >= 15 is 0 Å². The van der Waals surface area contributed by atoms with Crippen LogP contribution in [0.1, 0.15) is 24.7 Å². The molecule has 0 bridgehead atoms. The number of aromatic nitrogens is 4. The molecule has 0 spiro atoms. The van der Waals surface area contributed by atoms with E-state index in [1.807, 2.05) is 42.7 Å². The van der Waals surface area contributed by atoms with Gasteiger partial charge in [0.15, 0.2) is 5.65 Å². The monoisotopic (exact) mass is 279 g/mol. The van der Waals surface area contributed by atoms with Crippen LogP contribution in [0.25, 0.3) is 17.0 Å². The van der Waals surface area contributed by atoms with Gasteiger partial charge in [-0.05, 0) is 50.7 Å². The molecule has 4 heterocycles. The standard InChI is InChI=1S/C16H17N5/c1-20-11-5-7-13(20)16-19-12-6-4-10-18-15(12)21(16)14-8-2-3-9-17-14/h2-4,6,8-10,13H,5,7,11H2,1H3. The molecule has 1 fully saturated rings. The summed E-state index contributed by atoms with van der Waals surface area (Å²) < 4.78 is 2.10. The zero-order valence-corrected chi connectivity index (χ0v) is 12.0. The Morgan fingerprint density at radius 2 is 2.00 bits per heavy atom. The third-order valence-corrected chi connectivity index (χ3v) is 4.14. The number of pyridine rings is 2. The third-order valence-electron chi connectivity index (χ3n) is 4.14. The fourth-order valence-electron chi connectivity index (χ4n) is 3.10. The van der Waals surface area contributed by atoms with E-state index in [0.29, 0.717) is 6.04 Å². The van der Waals surface area contributed by atoms with Crippen molar-refractivity contribution in [3.8, 4) is 5.82 Å². The second-order valence-electron chi connectivity index (χ2n) is 5.48. The first-order chi connectivity index (χ1) is 10.3. The van der Waals surface area contributed by atoms with Crippen molar-refractivity contribution in [2.75, 3.05) is 13.6 Å². The van der Waals surface area contributed by atoms with Gasteiger partial charge < -0.3 is 0 Å². The number of fused-ring (bicyclic) bond motifs is 1. The van der Waals surface area contributed by atoms with Gasteiger partial charge in [-0.2, -0.15) is 0 Å². The molecule has 3 aromatic heterocycles. The Hall–Kier alpha value is -2.27. The average molecular weight is 279 g/mol. The van der Waals surface area contributed by atoms with Gasteiger partial charge in [-0.25, -0.2) is 15.0 Å². The summed E-state index contributed by atoms with van der Waals surface area (Å²) in [5.41, 5.74) is 1.81. The molecule has 5 nitrogen and oxygen atoms in total. The lowest BCUT2D eigenvalue weighted by molar-refractivity contribution is 0.304. The predicted octanol–water partition coefficient (Wildman–Crippen LogP) is 2.58. The van der Waals surface area contributed by atoms with E-state index in [9.17, 15) is 0 Å². The summed E-state index contributed by atoms with van der Waals surface area (Å²) in [7, 11) is 2.16. The van der Waals surface area contributed by atoms with Gasteiger partial charge >= 0.3 is 0 Å². The SMILES string of the molecule is CN1CCCC1c1nc2cccnc2n1-c1ccccn1. The summed E-state index contributed by atoms with van der Waals surface area (Å²) in [6.45, 7) is 1.11. The second-order valence-corrected chi connectivity index (χ2v) is 5.48. The number of nitrogens with zero attached hydrogens (tertiary/aromatic N) is 5. The Bertz CT molecular complexity index is 765. The van der Waals surface area contributed by atoms with Gasteiger partial charge in [-0.3, -0.25) is 9.47 Å². The van der Waals surface area contributed by atoms with Gasteiger partial charge in [-0.1, -0.05) is 6.07 Å². The molecular formula is C16H17N5. The van der Waals surface area contributed by atoms with Gasteiger partial charge in [0.1, 0.15) is 17.2 Å². The molecule has 5 heteroatoms. The zero-order valence-electron chi connectivity index (χ0n) is 12.0. The van der Waals surface area contributed by atoms with Crippen molar-refractivity contribution in [3.63, 3.8) is 0 Å². The maximum atomic E-state index is 4.84. The lowest BCUT2D eigenvalue weighted by Gasteiger charge is -2.19. The maximum absolute atomic E-state index is 4.84. The Balaban J connectivity index is 1.97. The van der Waals surface area contributed by atoms with Crippen LogP contribution < -0.4 is 0 Å². The van der Waals surface area contributed by atoms with Crippen LogP contribution >= 0.6 is 0 Å². The summed E-state index contributed by atoms with van der Waals surface area (Å²) >= 11 is 0.